The van der Waals surface area contributed by atoms with E-state index in [9.17, 15) is 4.79 Å². The summed E-state index contributed by atoms with van der Waals surface area (Å²) in [5.74, 6) is -0.491. The van der Waals surface area contributed by atoms with E-state index in [0.29, 0.717) is 13.2 Å². The molecule has 120 valence electrons. The molecule has 1 unspecified atom stereocenters. The highest BCUT2D eigenvalue weighted by atomic mass is 32.7. The molecule has 0 spiro atoms. The van der Waals surface area contributed by atoms with Gasteiger partial charge in [0.05, 0.1) is 25.9 Å². The molecule has 0 N–H and O–H groups in total. The van der Waals surface area contributed by atoms with Crippen LogP contribution in [0.2, 0.25) is 0 Å². The zero-order valence-corrected chi connectivity index (χ0v) is 14.8. The first-order valence-corrected chi connectivity index (χ1v) is 9.71. The first-order chi connectivity index (χ1) is 10.3. The number of methoxy groups -OCH3 is 1. The molecule has 1 atom stereocenters. The van der Waals surface area contributed by atoms with E-state index >= 15 is 0 Å². The zero-order chi connectivity index (χ0) is 16.4. The van der Waals surface area contributed by atoms with Gasteiger partial charge < -0.3 is 17.0 Å². The summed E-state index contributed by atoms with van der Waals surface area (Å²) in [6.45, 7) is 6.28. The van der Waals surface area contributed by atoms with Crippen LogP contribution in [0.15, 0.2) is 42.5 Å². The minimum Gasteiger partial charge on any atom is -0.491 e. The second kappa shape index (κ2) is 6.71. The maximum atomic E-state index is 12.0. The minimum absolute atomic E-state index is 0.0872. The fourth-order valence-electron chi connectivity index (χ4n) is 2.21. The van der Waals surface area contributed by atoms with Gasteiger partial charge in [0, 0.05) is 11.0 Å². The van der Waals surface area contributed by atoms with Gasteiger partial charge in [-0.1, -0.05) is 50.8 Å². The number of esters is 1. The number of rotatable bonds is 4. The van der Waals surface area contributed by atoms with E-state index in [1.807, 2.05) is 30.3 Å². The lowest BCUT2D eigenvalue weighted by Gasteiger charge is -2.43. The molecule has 1 fully saturated rings. The molecule has 0 radical (unpaired) electrons. The maximum absolute atomic E-state index is 12.0. The van der Waals surface area contributed by atoms with E-state index in [4.69, 9.17) is 26.0 Å². The number of hydrogen-bond donors (Lipinski definition) is 0. The molecule has 0 saturated carbocycles. The van der Waals surface area contributed by atoms with E-state index in [1.165, 1.54) is 7.11 Å². The van der Waals surface area contributed by atoms with E-state index in [1.54, 1.807) is 0 Å². The van der Waals surface area contributed by atoms with E-state index in [2.05, 4.69) is 20.4 Å². The summed E-state index contributed by atoms with van der Waals surface area (Å²) in [5.41, 5.74) is 0.556. The van der Waals surface area contributed by atoms with Gasteiger partial charge in [-0.05, 0) is 0 Å². The third kappa shape index (κ3) is 3.72. The number of benzene rings is 1. The van der Waals surface area contributed by atoms with Crippen LogP contribution in [-0.2, 0) is 30.8 Å². The quantitative estimate of drug-likeness (QED) is 0.361. The van der Waals surface area contributed by atoms with E-state index in [-0.39, 0.29) is 11.0 Å². The topological polar surface area (TPSA) is 44.8 Å². The molecule has 0 bridgehead atoms. The fourth-order valence-corrected chi connectivity index (χ4v) is 5.73. The Morgan fingerprint density at radius 1 is 1.32 bits per heavy atom. The van der Waals surface area contributed by atoms with E-state index in [0.717, 1.165) is 5.56 Å². The lowest BCUT2D eigenvalue weighted by Crippen LogP contribution is -2.33. The van der Waals surface area contributed by atoms with Crippen LogP contribution in [0.25, 0.3) is 0 Å². The fraction of sp³-hybridized carbons (Fsp3) is 0.438. The first kappa shape index (κ1) is 17.5. The second-order valence-corrected chi connectivity index (χ2v) is 9.72. The van der Waals surface area contributed by atoms with Crippen LogP contribution in [0.3, 0.4) is 0 Å². The van der Waals surface area contributed by atoms with Crippen LogP contribution in [0.5, 0.6) is 0 Å². The smallest absolute Gasteiger partial charge is 0.337 e. The van der Waals surface area contributed by atoms with Gasteiger partial charge >= 0.3 is 5.97 Å². The predicted octanol–water partition coefficient (Wildman–Crippen LogP) is 3.84. The van der Waals surface area contributed by atoms with E-state index < -0.39 is 18.5 Å². The molecule has 1 aromatic rings. The Bertz CT molecular complexity index is 549. The summed E-state index contributed by atoms with van der Waals surface area (Å²) in [6.07, 6.45) is 0. The average molecular weight is 340 g/mol. The number of ether oxygens (including phenoxy) is 1. The average Bonchev–Trinajstić information content (AvgIpc) is 2.51. The van der Waals surface area contributed by atoms with Crippen LogP contribution in [-0.4, -0.2) is 26.3 Å². The Balaban J connectivity index is 2.37. The highest BCUT2D eigenvalue weighted by molar-refractivity contribution is 8.38. The highest BCUT2D eigenvalue weighted by Gasteiger charge is 2.48. The van der Waals surface area contributed by atoms with Crippen molar-refractivity contribution in [1.29, 1.82) is 0 Å². The standard InChI is InChI=1S/C16H21O4PS/c1-12(15(17)18-4)14(13-8-6-5-7-9-13)21(22)19-10-16(2,3)11-20-21/h5-9,14H,1,10-11H2,2-4H3. The molecule has 1 aromatic carbocycles. The summed E-state index contributed by atoms with van der Waals surface area (Å²) < 4.78 is 16.7. The summed E-state index contributed by atoms with van der Waals surface area (Å²) in [4.78, 5) is 12.0. The molecule has 1 saturated heterocycles. The van der Waals surface area contributed by atoms with Crippen molar-refractivity contribution < 1.29 is 18.6 Å². The lowest BCUT2D eigenvalue weighted by molar-refractivity contribution is -0.136. The normalized spacial score (nSPS) is 20.9. The SMILES string of the molecule is C=C(C(=O)OC)C(c1ccccc1)[P+]1([S-])OCC(C)(C)CO1. The zero-order valence-electron chi connectivity index (χ0n) is 13.1. The van der Waals surface area contributed by atoms with Gasteiger partial charge in [0.15, 0.2) is 12.6 Å². The van der Waals surface area contributed by atoms with Crippen molar-refractivity contribution in [3.63, 3.8) is 0 Å². The van der Waals surface area contributed by atoms with Crippen molar-refractivity contribution in [2.24, 2.45) is 5.41 Å². The largest absolute Gasteiger partial charge is 0.491 e. The number of carbonyl (C=O) groups excluding carboxylic acids is 1. The van der Waals surface area contributed by atoms with Gasteiger partial charge in [0.1, 0.15) is 0 Å². The van der Waals surface area contributed by atoms with Crippen LogP contribution < -0.4 is 0 Å². The van der Waals surface area contributed by atoms with Crippen molar-refractivity contribution in [2.75, 3.05) is 20.3 Å². The molecule has 2 rings (SSSR count). The van der Waals surface area contributed by atoms with Gasteiger partial charge in [-0.25, -0.2) is 13.8 Å². The minimum atomic E-state index is -2.72. The molecular weight excluding hydrogens is 319 g/mol. The molecule has 1 heterocycles. The molecule has 0 aliphatic carbocycles. The van der Waals surface area contributed by atoms with Gasteiger partial charge in [0.2, 0.25) is 0 Å². The molecule has 6 heteroatoms. The Morgan fingerprint density at radius 3 is 2.36 bits per heavy atom. The van der Waals surface area contributed by atoms with Crippen molar-refractivity contribution in [3.05, 3.63) is 48.0 Å². The number of hydrogen-bond acceptors (Lipinski definition) is 5. The third-order valence-corrected chi connectivity index (χ3v) is 6.96. The van der Waals surface area contributed by atoms with Crippen molar-refractivity contribution >= 4 is 25.1 Å². The Hall–Kier alpha value is -0.870. The summed E-state index contributed by atoms with van der Waals surface area (Å²) in [6, 6.07) is 9.49. The van der Waals surface area contributed by atoms with Crippen LogP contribution in [0, 0.1) is 5.41 Å². The van der Waals surface area contributed by atoms with Crippen LogP contribution >= 0.6 is 6.92 Å². The lowest BCUT2D eigenvalue weighted by atomic mass is 9.97. The molecule has 4 nitrogen and oxygen atoms in total. The maximum Gasteiger partial charge on any atom is 0.337 e. The number of carbonyl (C=O) groups is 1. The van der Waals surface area contributed by atoms with Gasteiger partial charge in [-0.15, -0.1) is 0 Å². The molecule has 0 amide bonds. The van der Waals surface area contributed by atoms with Crippen molar-refractivity contribution in [2.45, 2.75) is 19.5 Å². The van der Waals surface area contributed by atoms with Gasteiger partial charge in [-0.2, -0.15) is 0 Å². The molecule has 1 aliphatic rings. The van der Waals surface area contributed by atoms with Crippen LogP contribution in [0.1, 0.15) is 25.1 Å². The molecule has 0 aromatic heterocycles. The third-order valence-electron chi connectivity index (χ3n) is 3.48. The Kier molecular flexibility index (Phi) is 5.33. The monoisotopic (exact) mass is 340 g/mol. The summed E-state index contributed by atoms with van der Waals surface area (Å²) in [5, 5.41) is 0. The van der Waals surface area contributed by atoms with Gasteiger partial charge in [0.25, 0.3) is 0 Å². The molecule has 22 heavy (non-hydrogen) atoms. The Labute approximate surface area is 137 Å². The molecule has 1 aliphatic heterocycles. The molecular formula is C16H21O4PS. The summed E-state index contributed by atoms with van der Waals surface area (Å²) in [7, 11) is 1.33. The Morgan fingerprint density at radius 2 is 1.86 bits per heavy atom. The first-order valence-electron chi connectivity index (χ1n) is 7.00. The highest BCUT2D eigenvalue weighted by Crippen LogP contribution is 2.74. The second-order valence-electron chi connectivity index (χ2n) is 6.08. The van der Waals surface area contributed by atoms with Crippen molar-refractivity contribution in [1.82, 2.24) is 0 Å². The van der Waals surface area contributed by atoms with Crippen LogP contribution in [0.4, 0.5) is 0 Å². The van der Waals surface area contributed by atoms with Gasteiger partial charge in [-0.3, -0.25) is 0 Å². The summed E-state index contributed by atoms with van der Waals surface area (Å²) >= 11 is 5.70. The van der Waals surface area contributed by atoms with Crippen molar-refractivity contribution in [3.8, 4) is 0 Å². The predicted molar refractivity (Wildman–Crippen MR) is 90.3 cm³/mol.